The van der Waals surface area contributed by atoms with E-state index in [2.05, 4.69) is 25.3 Å². The third-order valence-corrected chi connectivity index (χ3v) is 6.29. The second kappa shape index (κ2) is 9.48. The summed E-state index contributed by atoms with van der Waals surface area (Å²) in [4.78, 5) is 9.04. The Bertz CT molecular complexity index is 1380. The number of rotatable bonds is 7. The van der Waals surface area contributed by atoms with Crippen LogP contribution in [0.15, 0.2) is 83.8 Å². The Labute approximate surface area is 197 Å². The standard InChI is InChI=1S/C24H22ClN5O2S/c1-16-6-8-19(9-7-16)27-23-14-17(2)26-24(29-23)28-20-10-12-21(13-11-20)30-33(31,32)22-5-3-4-18(25)15-22/h3-15,30H,1-2H3,(H2,26,27,28,29). The van der Waals surface area contributed by atoms with E-state index in [1.165, 1.54) is 17.7 Å². The third-order valence-electron chi connectivity index (χ3n) is 4.68. The number of aryl methyl sites for hydroxylation is 2. The number of sulfonamides is 1. The number of nitrogens with zero attached hydrogens (tertiary/aromatic N) is 2. The van der Waals surface area contributed by atoms with E-state index < -0.39 is 10.0 Å². The van der Waals surface area contributed by atoms with Gasteiger partial charge in [-0.2, -0.15) is 4.98 Å². The van der Waals surface area contributed by atoms with Crippen LogP contribution < -0.4 is 15.4 Å². The molecule has 0 aliphatic heterocycles. The molecule has 0 saturated carbocycles. The molecular formula is C24H22ClN5O2S. The predicted molar refractivity (Wildman–Crippen MR) is 133 cm³/mol. The fourth-order valence-electron chi connectivity index (χ4n) is 3.07. The van der Waals surface area contributed by atoms with Crippen molar-refractivity contribution in [2.75, 3.05) is 15.4 Å². The second-order valence-electron chi connectivity index (χ2n) is 7.47. The summed E-state index contributed by atoms with van der Waals surface area (Å²) >= 11 is 5.91. The molecule has 4 rings (SSSR count). The summed E-state index contributed by atoms with van der Waals surface area (Å²) in [6.45, 7) is 3.93. The number of anilines is 5. The van der Waals surface area contributed by atoms with Crippen molar-refractivity contribution in [3.63, 3.8) is 0 Å². The molecule has 0 spiro atoms. The van der Waals surface area contributed by atoms with Crippen molar-refractivity contribution in [3.8, 4) is 0 Å². The lowest BCUT2D eigenvalue weighted by Crippen LogP contribution is -2.12. The van der Waals surface area contributed by atoms with Crippen molar-refractivity contribution in [2.24, 2.45) is 0 Å². The first-order valence-corrected chi connectivity index (χ1v) is 12.0. The SMILES string of the molecule is Cc1ccc(Nc2cc(C)nc(Nc3ccc(NS(=O)(=O)c4cccc(Cl)c4)cc3)n2)cc1. The first-order valence-electron chi connectivity index (χ1n) is 10.1. The Balaban J connectivity index is 1.46. The van der Waals surface area contributed by atoms with E-state index in [1.807, 2.05) is 44.2 Å². The zero-order valence-corrected chi connectivity index (χ0v) is 19.6. The first-order chi connectivity index (χ1) is 15.8. The zero-order valence-electron chi connectivity index (χ0n) is 18.0. The number of benzene rings is 3. The summed E-state index contributed by atoms with van der Waals surface area (Å²) in [5.74, 6) is 1.09. The quantitative estimate of drug-likeness (QED) is 0.299. The van der Waals surface area contributed by atoms with Gasteiger partial charge in [-0.15, -0.1) is 0 Å². The van der Waals surface area contributed by atoms with E-state index >= 15 is 0 Å². The van der Waals surface area contributed by atoms with E-state index in [0.717, 1.165) is 11.4 Å². The zero-order chi connectivity index (χ0) is 23.4. The molecule has 0 radical (unpaired) electrons. The maximum absolute atomic E-state index is 12.6. The molecular weight excluding hydrogens is 458 g/mol. The molecule has 3 N–H and O–H groups in total. The minimum atomic E-state index is -3.74. The molecule has 7 nitrogen and oxygen atoms in total. The Hall–Kier alpha value is -3.62. The highest BCUT2D eigenvalue weighted by Crippen LogP contribution is 2.23. The van der Waals surface area contributed by atoms with Crippen LogP contribution in [0.5, 0.6) is 0 Å². The highest BCUT2D eigenvalue weighted by atomic mass is 35.5. The van der Waals surface area contributed by atoms with E-state index in [0.29, 0.717) is 28.2 Å². The Morgan fingerprint density at radius 2 is 1.39 bits per heavy atom. The molecule has 0 aliphatic rings. The van der Waals surface area contributed by atoms with Crippen molar-refractivity contribution in [2.45, 2.75) is 18.7 Å². The van der Waals surface area contributed by atoms with Crippen LogP contribution in [0.4, 0.5) is 28.8 Å². The average molecular weight is 480 g/mol. The number of aromatic nitrogens is 2. The molecule has 0 aliphatic carbocycles. The molecule has 0 bridgehead atoms. The van der Waals surface area contributed by atoms with Crippen LogP contribution >= 0.6 is 11.6 Å². The van der Waals surface area contributed by atoms with Crippen molar-refractivity contribution < 1.29 is 8.42 Å². The summed E-state index contributed by atoms with van der Waals surface area (Å²) < 4.78 is 27.7. The number of hydrogen-bond donors (Lipinski definition) is 3. The molecule has 0 fully saturated rings. The molecule has 0 saturated heterocycles. The summed E-state index contributed by atoms with van der Waals surface area (Å²) in [6, 6.07) is 22.8. The smallest absolute Gasteiger partial charge is 0.261 e. The van der Waals surface area contributed by atoms with Gasteiger partial charge in [-0.1, -0.05) is 35.4 Å². The van der Waals surface area contributed by atoms with E-state index in [-0.39, 0.29) is 4.90 Å². The molecule has 168 valence electrons. The Morgan fingerprint density at radius 3 is 2.09 bits per heavy atom. The molecule has 3 aromatic carbocycles. The highest BCUT2D eigenvalue weighted by Gasteiger charge is 2.14. The van der Waals surface area contributed by atoms with Crippen LogP contribution in [0, 0.1) is 13.8 Å². The summed E-state index contributed by atoms with van der Waals surface area (Å²) in [5.41, 5.74) is 4.05. The molecule has 0 amide bonds. The lowest BCUT2D eigenvalue weighted by Gasteiger charge is -2.11. The fourth-order valence-corrected chi connectivity index (χ4v) is 4.43. The second-order valence-corrected chi connectivity index (χ2v) is 9.59. The van der Waals surface area contributed by atoms with Crippen LogP contribution in [-0.2, 0) is 10.0 Å². The van der Waals surface area contributed by atoms with Crippen LogP contribution in [0.3, 0.4) is 0 Å². The summed E-state index contributed by atoms with van der Waals surface area (Å²) in [5, 5.41) is 6.78. The Kier molecular flexibility index (Phi) is 6.48. The van der Waals surface area contributed by atoms with Gasteiger partial charge in [-0.05, 0) is 68.4 Å². The van der Waals surface area contributed by atoms with Gasteiger partial charge in [-0.3, -0.25) is 4.72 Å². The lowest BCUT2D eigenvalue weighted by molar-refractivity contribution is 0.601. The number of halogens is 1. The predicted octanol–water partition coefficient (Wildman–Crippen LogP) is 6.03. The molecule has 4 aromatic rings. The van der Waals surface area contributed by atoms with Gasteiger partial charge >= 0.3 is 0 Å². The van der Waals surface area contributed by atoms with Gasteiger partial charge < -0.3 is 10.6 Å². The van der Waals surface area contributed by atoms with Gasteiger partial charge in [-0.25, -0.2) is 13.4 Å². The normalized spacial score (nSPS) is 11.1. The van der Waals surface area contributed by atoms with E-state index in [9.17, 15) is 8.42 Å². The van der Waals surface area contributed by atoms with Gasteiger partial charge in [0.15, 0.2) is 0 Å². The summed E-state index contributed by atoms with van der Waals surface area (Å²) in [6.07, 6.45) is 0. The minimum Gasteiger partial charge on any atom is -0.340 e. The Morgan fingerprint density at radius 1 is 0.758 bits per heavy atom. The number of hydrogen-bond acceptors (Lipinski definition) is 6. The molecule has 1 aromatic heterocycles. The monoisotopic (exact) mass is 479 g/mol. The highest BCUT2D eigenvalue weighted by molar-refractivity contribution is 7.92. The van der Waals surface area contributed by atoms with Crippen LogP contribution in [0.1, 0.15) is 11.3 Å². The third kappa shape index (κ3) is 6.00. The van der Waals surface area contributed by atoms with Crippen molar-refractivity contribution in [1.82, 2.24) is 9.97 Å². The lowest BCUT2D eigenvalue weighted by atomic mass is 10.2. The van der Waals surface area contributed by atoms with Crippen LogP contribution in [0.2, 0.25) is 5.02 Å². The average Bonchev–Trinajstić information content (AvgIpc) is 2.76. The fraction of sp³-hybridized carbons (Fsp3) is 0.0833. The topological polar surface area (TPSA) is 96.0 Å². The van der Waals surface area contributed by atoms with Gasteiger partial charge in [0, 0.05) is 33.8 Å². The maximum Gasteiger partial charge on any atom is 0.261 e. The van der Waals surface area contributed by atoms with Gasteiger partial charge in [0.05, 0.1) is 4.90 Å². The van der Waals surface area contributed by atoms with Gasteiger partial charge in [0.1, 0.15) is 5.82 Å². The van der Waals surface area contributed by atoms with Crippen LogP contribution in [0.25, 0.3) is 0 Å². The number of nitrogens with one attached hydrogen (secondary N) is 3. The van der Waals surface area contributed by atoms with E-state index in [4.69, 9.17) is 11.6 Å². The summed E-state index contributed by atoms with van der Waals surface area (Å²) in [7, 11) is -3.74. The first kappa shape index (κ1) is 22.6. The molecule has 9 heteroatoms. The van der Waals surface area contributed by atoms with Gasteiger partial charge in [0.25, 0.3) is 10.0 Å². The van der Waals surface area contributed by atoms with E-state index in [1.54, 1.807) is 36.4 Å². The van der Waals surface area contributed by atoms with Crippen molar-refractivity contribution in [1.29, 1.82) is 0 Å². The van der Waals surface area contributed by atoms with Gasteiger partial charge in [0.2, 0.25) is 5.95 Å². The molecule has 1 heterocycles. The van der Waals surface area contributed by atoms with Crippen molar-refractivity contribution >= 4 is 50.5 Å². The maximum atomic E-state index is 12.6. The molecule has 0 atom stereocenters. The largest absolute Gasteiger partial charge is 0.340 e. The van der Waals surface area contributed by atoms with Crippen molar-refractivity contribution in [3.05, 3.63) is 95.1 Å². The minimum absolute atomic E-state index is 0.0963. The van der Waals surface area contributed by atoms with Crippen LogP contribution in [-0.4, -0.2) is 18.4 Å². The molecule has 33 heavy (non-hydrogen) atoms. The molecule has 0 unspecified atom stereocenters.